The highest BCUT2D eigenvalue weighted by Crippen LogP contribution is 2.35. The number of nitrogens with one attached hydrogen (secondary N) is 1. The zero-order valence-electron chi connectivity index (χ0n) is 10.9. The number of halogens is 3. The van der Waals surface area contributed by atoms with Crippen LogP contribution in [0, 0.1) is 0 Å². The van der Waals surface area contributed by atoms with E-state index in [1.54, 1.807) is 0 Å². The maximum Gasteiger partial charge on any atom is 0.416 e. The van der Waals surface area contributed by atoms with Gasteiger partial charge in [-0.1, -0.05) is 11.3 Å². The lowest BCUT2D eigenvalue weighted by molar-refractivity contribution is -0.137. The van der Waals surface area contributed by atoms with Gasteiger partial charge in [-0.3, -0.25) is 0 Å². The van der Waals surface area contributed by atoms with Gasteiger partial charge in [0.2, 0.25) is 0 Å². The van der Waals surface area contributed by atoms with Gasteiger partial charge >= 0.3 is 6.18 Å². The molecule has 2 heterocycles. The average Bonchev–Trinajstić information content (AvgIpc) is 2.80. The van der Waals surface area contributed by atoms with Crippen molar-refractivity contribution in [2.75, 3.05) is 24.5 Å². The van der Waals surface area contributed by atoms with E-state index >= 15 is 0 Å². The number of benzene rings is 1. The highest BCUT2D eigenvalue weighted by Gasteiger charge is 2.31. The molecule has 0 amide bonds. The number of fused-ring (bicyclic) bond motifs is 1. The topological polar surface area (TPSA) is 28.2 Å². The van der Waals surface area contributed by atoms with Crippen molar-refractivity contribution in [3.8, 4) is 0 Å². The quantitative estimate of drug-likeness (QED) is 0.877. The largest absolute Gasteiger partial charge is 0.416 e. The van der Waals surface area contributed by atoms with Gasteiger partial charge in [0.1, 0.15) is 0 Å². The summed E-state index contributed by atoms with van der Waals surface area (Å²) in [6.45, 7) is 4.61. The van der Waals surface area contributed by atoms with E-state index in [2.05, 4.69) is 22.1 Å². The van der Waals surface area contributed by atoms with Gasteiger partial charge in [-0.15, -0.1) is 0 Å². The van der Waals surface area contributed by atoms with E-state index in [0.29, 0.717) is 16.3 Å². The fourth-order valence-electron chi connectivity index (χ4n) is 2.33. The molecule has 0 spiro atoms. The molecule has 1 saturated heterocycles. The van der Waals surface area contributed by atoms with Crippen LogP contribution in [0.15, 0.2) is 18.2 Å². The van der Waals surface area contributed by atoms with Crippen LogP contribution in [0.5, 0.6) is 0 Å². The van der Waals surface area contributed by atoms with Gasteiger partial charge in [-0.25, -0.2) is 4.98 Å². The molecule has 1 aliphatic rings. The Hall–Kier alpha value is -1.34. The minimum absolute atomic E-state index is 0.362. The molecular weight excluding hydrogens is 287 g/mol. The van der Waals surface area contributed by atoms with Crippen molar-refractivity contribution in [1.29, 1.82) is 0 Å². The van der Waals surface area contributed by atoms with Crippen LogP contribution in [0.4, 0.5) is 18.3 Å². The summed E-state index contributed by atoms with van der Waals surface area (Å²) in [6.07, 6.45) is -4.30. The first-order valence-electron chi connectivity index (χ1n) is 6.39. The van der Waals surface area contributed by atoms with Crippen molar-refractivity contribution in [2.24, 2.45) is 0 Å². The van der Waals surface area contributed by atoms with Crippen LogP contribution in [0.2, 0.25) is 0 Å². The minimum atomic E-state index is -4.30. The average molecular weight is 301 g/mol. The normalized spacial score (nSPS) is 20.6. The summed E-state index contributed by atoms with van der Waals surface area (Å²) in [5.41, 5.74) is 0.0121. The summed E-state index contributed by atoms with van der Waals surface area (Å²) in [7, 11) is 0. The maximum absolute atomic E-state index is 12.7. The van der Waals surface area contributed by atoms with Crippen molar-refractivity contribution in [1.82, 2.24) is 10.3 Å². The van der Waals surface area contributed by atoms with Crippen LogP contribution in [0.25, 0.3) is 10.2 Å². The third-order valence-corrected chi connectivity index (χ3v) is 4.42. The smallest absolute Gasteiger partial charge is 0.345 e. The number of hydrogen-bond acceptors (Lipinski definition) is 4. The summed E-state index contributed by atoms with van der Waals surface area (Å²) >= 11 is 1.32. The van der Waals surface area contributed by atoms with Crippen molar-refractivity contribution in [3.63, 3.8) is 0 Å². The van der Waals surface area contributed by atoms with E-state index in [1.165, 1.54) is 23.5 Å². The van der Waals surface area contributed by atoms with Gasteiger partial charge in [-0.05, 0) is 25.1 Å². The second-order valence-electron chi connectivity index (χ2n) is 4.98. The molecule has 7 heteroatoms. The summed E-state index contributed by atoms with van der Waals surface area (Å²) in [5.74, 6) is 0. The Morgan fingerprint density at radius 1 is 1.40 bits per heavy atom. The summed E-state index contributed by atoms with van der Waals surface area (Å²) in [6, 6.07) is 4.08. The van der Waals surface area contributed by atoms with E-state index in [0.717, 1.165) is 30.8 Å². The second kappa shape index (κ2) is 4.89. The van der Waals surface area contributed by atoms with E-state index in [9.17, 15) is 13.2 Å². The first-order chi connectivity index (χ1) is 9.43. The fourth-order valence-corrected chi connectivity index (χ4v) is 3.37. The highest BCUT2D eigenvalue weighted by molar-refractivity contribution is 7.22. The summed E-state index contributed by atoms with van der Waals surface area (Å²) in [4.78, 5) is 6.57. The summed E-state index contributed by atoms with van der Waals surface area (Å²) in [5, 5.41) is 4.13. The van der Waals surface area contributed by atoms with Crippen molar-refractivity contribution in [3.05, 3.63) is 23.8 Å². The van der Waals surface area contributed by atoms with Gasteiger partial charge in [0.05, 0.1) is 15.8 Å². The Labute approximate surface area is 118 Å². The van der Waals surface area contributed by atoms with E-state index in [1.807, 2.05) is 0 Å². The highest BCUT2D eigenvalue weighted by atomic mass is 32.1. The Morgan fingerprint density at radius 2 is 2.20 bits per heavy atom. The predicted octanol–water partition coefficient (Wildman–Crippen LogP) is 3.11. The SMILES string of the molecule is C[C@H]1CN(c2nc3ccc(C(F)(F)F)cc3s2)CCN1. The zero-order chi connectivity index (χ0) is 14.3. The number of piperazine rings is 1. The van der Waals surface area contributed by atoms with E-state index < -0.39 is 11.7 Å². The first kappa shape index (κ1) is 13.6. The molecule has 1 N–H and O–H groups in total. The third kappa shape index (κ3) is 2.60. The molecule has 20 heavy (non-hydrogen) atoms. The lowest BCUT2D eigenvalue weighted by atomic mass is 10.2. The van der Waals surface area contributed by atoms with Crippen LogP contribution >= 0.6 is 11.3 Å². The van der Waals surface area contributed by atoms with Gasteiger partial charge in [0, 0.05) is 25.7 Å². The van der Waals surface area contributed by atoms with E-state index in [-0.39, 0.29) is 0 Å². The molecule has 1 aromatic carbocycles. The molecular formula is C13H14F3N3S. The molecule has 108 valence electrons. The number of alkyl halides is 3. The van der Waals surface area contributed by atoms with Gasteiger partial charge in [0.15, 0.2) is 5.13 Å². The molecule has 3 rings (SSSR count). The molecule has 1 fully saturated rings. The molecule has 2 aromatic rings. The lowest BCUT2D eigenvalue weighted by Gasteiger charge is -2.31. The second-order valence-corrected chi connectivity index (χ2v) is 5.99. The van der Waals surface area contributed by atoms with Crippen molar-refractivity contribution >= 4 is 26.7 Å². The number of hydrogen-bond donors (Lipinski definition) is 1. The third-order valence-electron chi connectivity index (χ3n) is 3.34. The Bertz CT molecular complexity index is 623. The molecule has 0 saturated carbocycles. The number of thiazole rings is 1. The zero-order valence-corrected chi connectivity index (χ0v) is 11.7. The van der Waals surface area contributed by atoms with E-state index in [4.69, 9.17) is 0 Å². The first-order valence-corrected chi connectivity index (χ1v) is 7.21. The van der Waals surface area contributed by atoms with Gasteiger partial charge < -0.3 is 10.2 Å². The Kier molecular flexibility index (Phi) is 3.33. The van der Waals surface area contributed by atoms with Gasteiger partial charge in [0.25, 0.3) is 0 Å². The molecule has 3 nitrogen and oxygen atoms in total. The number of aromatic nitrogens is 1. The van der Waals surface area contributed by atoms with Crippen LogP contribution in [-0.4, -0.2) is 30.7 Å². The molecule has 0 unspecified atom stereocenters. The predicted molar refractivity (Wildman–Crippen MR) is 74.3 cm³/mol. The minimum Gasteiger partial charge on any atom is -0.345 e. The van der Waals surface area contributed by atoms with Crippen molar-refractivity contribution in [2.45, 2.75) is 19.1 Å². The monoisotopic (exact) mass is 301 g/mol. The number of nitrogens with zero attached hydrogens (tertiary/aromatic N) is 2. The van der Waals surface area contributed by atoms with Gasteiger partial charge in [-0.2, -0.15) is 13.2 Å². The maximum atomic E-state index is 12.7. The van der Waals surface area contributed by atoms with Crippen LogP contribution < -0.4 is 10.2 Å². The molecule has 1 aromatic heterocycles. The van der Waals surface area contributed by atoms with Crippen LogP contribution in [0.3, 0.4) is 0 Å². The Morgan fingerprint density at radius 3 is 2.90 bits per heavy atom. The molecule has 0 radical (unpaired) electrons. The van der Waals surface area contributed by atoms with Crippen LogP contribution in [-0.2, 0) is 6.18 Å². The van der Waals surface area contributed by atoms with Crippen molar-refractivity contribution < 1.29 is 13.2 Å². The standard InChI is InChI=1S/C13H14F3N3S/c1-8-7-19(5-4-17-8)12-18-10-3-2-9(13(14,15)16)6-11(10)20-12/h2-3,6,8,17H,4-5,7H2,1H3/t8-/m0/s1. The Balaban J connectivity index is 1.94. The molecule has 0 bridgehead atoms. The molecule has 0 aliphatic carbocycles. The number of anilines is 1. The fraction of sp³-hybridized carbons (Fsp3) is 0.462. The number of rotatable bonds is 1. The summed E-state index contributed by atoms with van der Waals surface area (Å²) < 4.78 is 38.7. The molecule has 1 atom stereocenters. The van der Waals surface area contributed by atoms with Crippen LogP contribution in [0.1, 0.15) is 12.5 Å². The lowest BCUT2D eigenvalue weighted by Crippen LogP contribution is -2.49. The molecule has 1 aliphatic heterocycles.